The summed E-state index contributed by atoms with van der Waals surface area (Å²) in [4.78, 5) is 6.56. The van der Waals surface area contributed by atoms with Crippen molar-refractivity contribution in [2.75, 3.05) is 26.2 Å². The Balaban J connectivity index is 1.99. The van der Waals surface area contributed by atoms with E-state index >= 15 is 0 Å². The number of nitrogens with one attached hydrogen (secondary N) is 2. The van der Waals surface area contributed by atoms with Crippen LogP contribution in [0, 0.1) is 0 Å². The average Bonchev–Trinajstić information content (AvgIpc) is 2.71. The van der Waals surface area contributed by atoms with Gasteiger partial charge in [0.25, 0.3) is 0 Å². The first-order valence-corrected chi connectivity index (χ1v) is 4.68. The highest BCUT2D eigenvalue weighted by atomic mass is 15.3. The minimum atomic E-state index is 0.351. The number of piperazine rings is 1. The van der Waals surface area contributed by atoms with Gasteiger partial charge in [0.05, 0.1) is 6.04 Å². The molecule has 2 heterocycles. The minimum Gasteiger partial charge on any atom is -0.314 e. The molecule has 2 N–H and O–H groups in total. The first-order chi connectivity index (χ1) is 6.38. The van der Waals surface area contributed by atoms with E-state index in [1.807, 2.05) is 0 Å². The molecule has 0 aliphatic carbocycles. The second-order valence-electron chi connectivity index (χ2n) is 3.33. The monoisotopic (exact) mass is 181 g/mol. The van der Waals surface area contributed by atoms with Gasteiger partial charge in [-0.3, -0.25) is 10.00 Å². The van der Waals surface area contributed by atoms with Crippen LogP contribution in [0.3, 0.4) is 0 Å². The Morgan fingerprint density at radius 2 is 2.23 bits per heavy atom. The maximum Gasteiger partial charge on any atom is 0.141 e. The van der Waals surface area contributed by atoms with Gasteiger partial charge in [-0.05, 0) is 6.92 Å². The summed E-state index contributed by atoms with van der Waals surface area (Å²) in [6, 6.07) is 0.351. The Hall–Kier alpha value is -0.940. The van der Waals surface area contributed by atoms with Crippen LogP contribution in [-0.2, 0) is 0 Å². The molecule has 2 rings (SSSR count). The maximum absolute atomic E-state index is 4.16. The molecule has 13 heavy (non-hydrogen) atoms. The quantitative estimate of drug-likeness (QED) is 0.662. The van der Waals surface area contributed by atoms with Crippen LogP contribution in [0.1, 0.15) is 18.8 Å². The van der Waals surface area contributed by atoms with Crippen molar-refractivity contribution in [3.8, 4) is 0 Å². The fourth-order valence-electron chi connectivity index (χ4n) is 1.66. The molecule has 0 saturated carbocycles. The largest absolute Gasteiger partial charge is 0.314 e. The molecule has 0 aromatic carbocycles. The van der Waals surface area contributed by atoms with Crippen molar-refractivity contribution in [1.82, 2.24) is 25.4 Å². The number of aromatic amines is 1. The lowest BCUT2D eigenvalue weighted by molar-refractivity contribution is 0.179. The first-order valence-electron chi connectivity index (χ1n) is 4.68. The summed E-state index contributed by atoms with van der Waals surface area (Å²) in [5, 5.41) is 10.1. The first kappa shape index (κ1) is 8.65. The summed E-state index contributed by atoms with van der Waals surface area (Å²) in [5.41, 5.74) is 0. The van der Waals surface area contributed by atoms with Crippen LogP contribution in [-0.4, -0.2) is 46.3 Å². The predicted octanol–water partition coefficient (Wildman–Crippen LogP) is -0.229. The molecule has 1 fully saturated rings. The third-order valence-corrected chi connectivity index (χ3v) is 2.53. The van der Waals surface area contributed by atoms with Crippen molar-refractivity contribution in [1.29, 1.82) is 0 Å². The molecule has 1 saturated heterocycles. The molecule has 5 heteroatoms. The molecule has 1 aliphatic rings. The number of H-pyrrole nitrogens is 1. The molecular formula is C8H15N5. The molecule has 1 aliphatic heterocycles. The van der Waals surface area contributed by atoms with Gasteiger partial charge in [-0.2, -0.15) is 5.10 Å². The fraction of sp³-hybridized carbons (Fsp3) is 0.750. The normalized spacial score (nSPS) is 21.6. The zero-order chi connectivity index (χ0) is 9.10. The highest BCUT2D eigenvalue weighted by Gasteiger charge is 2.19. The average molecular weight is 181 g/mol. The van der Waals surface area contributed by atoms with Gasteiger partial charge in [0.2, 0.25) is 0 Å². The number of nitrogens with zero attached hydrogens (tertiary/aromatic N) is 3. The van der Waals surface area contributed by atoms with Crippen LogP contribution >= 0.6 is 0 Å². The van der Waals surface area contributed by atoms with Gasteiger partial charge in [-0.15, -0.1) is 0 Å². The Labute approximate surface area is 77.5 Å². The summed E-state index contributed by atoms with van der Waals surface area (Å²) in [7, 11) is 0. The molecule has 1 aromatic heterocycles. The van der Waals surface area contributed by atoms with E-state index in [4.69, 9.17) is 0 Å². The lowest BCUT2D eigenvalue weighted by Gasteiger charge is -2.31. The van der Waals surface area contributed by atoms with Crippen LogP contribution in [0.15, 0.2) is 6.33 Å². The molecule has 1 unspecified atom stereocenters. The van der Waals surface area contributed by atoms with E-state index in [2.05, 4.69) is 32.3 Å². The highest BCUT2D eigenvalue weighted by molar-refractivity contribution is 4.91. The molecule has 0 amide bonds. The standard InChI is InChI=1S/C8H15N5/c1-7(8-10-6-11-12-8)13-4-2-9-3-5-13/h6-7,9H,2-5H2,1H3,(H,10,11,12). The van der Waals surface area contributed by atoms with Gasteiger partial charge < -0.3 is 5.32 Å². The Morgan fingerprint density at radius 3 is 2.85 bits per heavy atom. The van der Waals surface area contributed by atoms with Gasteiger partial charge in [0, 0.05) is 26.2 Å². The Bertz CT molecular complexity index is 239. The zero-order valence-electron chi connectivity index (χ0n) is 7.82. The number of hydrogen-bond acceptors (Lipinski definition) is 4. The summed E-state index contributed by atoms with van der Waals surface area (Å²) < 4.78 is 0. The zero-order valence-corrected chi connectivity index (χ0v) is 7.82. The van der Waals surface area contributed by atoms with E-state index in [0.29, 0.717) is 6.04 Å². The van der Waals surface area contributed by atoms with Gasteiger partial charge in [-0.25, -0.2) is 4.98 Å². The minimum absolute atomic E-state index is 0.351. The van der Waals surface area contributed by atoms with Gasteiger partial charge in [0.1, 0.15) is 12.2 Å². The van der Waals surface area contributed by atoms with E-state index in [0.717, 1.165) is 32.0 Å². The van der Waals surface area contributed by atoms with E-state index in [9.17, 15) is 0 Å². The molecule has 0 spiro atoms. The molecule has 1 aromatic rings. The van der Waals surface area contributed by atoms with E-state index in [1.54, 1.807) is 6.33 Å². The van der Waals surface area contributed by atoms with Crippen molar-refractivity contribution in [2.45, 2.75) is 13.0 Å². The van der Waals surface area contributed by atoms with Crippen LogP contribution < -0.4 is 5.32 Å². The summed E-state index contributed by atoms with van der Waals surface area (Å²) in [6.07, 6.45) is 1.56. The van der Waals surface area contributed by atoms with Crippen LogP contribution in [0.4, 0.5) is 0 Å². The van der Waals surface area contributed by atoms with Gasteiger partial charge in [-0.1, -0.05) is 0 Å². The molecule has 72 valence electrons. The van der Waals surface area contributed by atoms with Crippen molar-refractivity contribution in [3.05, 3.63) is 12.2 Å². The molecule has 5 nitrogen and oxygen atoms in total. The lowest BCUT2D eigenvalue weighted by atomic mass is 10.2. The second-order valence-corrected chi connectivity index (χ2v) is 3.33. The fourth-order valence-corrected chi connectivity index (χ4v) is 1.66. The van der Waals surface area contributed by atoms with E-state index in [-0.39, 0.29) is 0 Å². The van der Waals surface area contributed by atoms with Crippen LogP contribution in [0.2, 0.25) is 0 Å². The SMILES string of the molecule is CC(c1ncn[nH]1)N1CCNCC1. The van der Waals surface area contributed by atoms with Crippen molar-refractivity contribution in [2.24, 2.45) is 0 Å². The lowest BCUT2D eigenvalue weighted by Crippen LogP contribution is -2.44. The van der Waals surface area contributed by atoms with E-state index in [1.165, 1.54) is 0 Å². The van der Waals surface area contributed by atoms with Gasteiger partial charge in [0.15, 0.2) is 0 Å². The van der Waals surface area contributed by atoms with Crippen molar-refractivity contribution >= 4 is 0 Å². The smallest absolute Gasteiger partial charge is 0.141 e. The number of rotatable bonds is 2. The molecule has 0 bridgehead atoms. The maximum atomic E-state index is 4.16. The molecular weight excluding hydrogens is 166 g/mol. The summed E-state index contributed by atoms with van der Waals surface area (Å²) in [6.45, 7) is 6.46. The Kier molecular flexibility index (Phi) is 2.56. The Morgan fingerprint density at radius 1 is 1.46 bits per heavy atom. The second kappa shape index (κ2) is 3.85. The van der Waals surface area contributed by atoms with Crippen LogP contribution in [0.5, 0.6) is 0 Å². The number of hydrogen-bond donors (Lipinski definition) is 2. The molecule has 0 radical (unpaired) electrons. The predicted molar refractivity (Wildman–Crippen MR) is 49.2 cm³/mol. The highest BCUT2D eigenvalue weighted by Crippen LogP contribution is 2.15. The van der Waals surface area contributed by atoms with E-state index < -0.39 is 0 Å². The summed E-state index contributed by atoms with van der Waals surface area (Å²) >= 11 is 0. The third-order valence-electron chi connectivity index (χ3n) is 2.53. The number of aromatic nitrogens is 3. The van der Waals surface area contributed by atoms with Crippen molar-refractivity contribution < 1.29 is 0 Å². The van der Waals surface area contributed by atoms with Gasteiger partial charge >= 0.3 is 0 Å². The van der Waals surface area contributed by atoms with Crippen molar-refractivity contribution in [3.63, 3.8) is 0 Å². The topological polar surface area (TPSA) is 56.8 Å². The molecule has 1 atom stereocenters. The van der Waals surface area contributed by atoms with Crippen LogP contribution in [0.25, 0.3) is 0 Å². The summed E-state index contributed by atoms with van der Waals surface area (Å²) in [5.74, 6) is 0.960. The third kappa shape index (κ3) is 1.87.